The van der Waals surface area contributed by atoms with Crippen LogP contribution in [0.2, 0.25) is 0 Å². The van der Waals surface area contributed by atoms with E-state index in [2.05, 4.69) is 10.3 Å². The maximum absolute atomic E-state index is 12.5. The van der Waals surface area contributed by atoms with Gasteiger partial charge in [-0.2, -0.15) is 0 Å². The Morgan fingerprint density at radius 3 is 3.10 bits per heavy atom. The molecule has 20 heavy (non-hydrogen) atoms. The molecule has 0 aliphatic carbocycles. The Morgan fingerprint density at radius 1 is 1.50 bits per heavy atom. The van der Waals surface area contributed by atoms with E-state index in [1.54, 1.807) is 6.20 Å². The molecule has 1 N–H and O–H groups in total. The summed E-state index contributed by atoms with van der Waals surface area (Å²) >= 11 is 0. The number of hydrogen-bond acceptors (Lipinski definition) is 4. The number of nitrogens with zero attached hydrogens (tertiary/aromatic N) is 2. The zero-order valence-electron chi connectivity index (χ0n) is 11.3. The van der Waals surface area contributed by atoms with Gasteiger partial charge in [-0.3, -0.25) is 9.78 Å². The zero-order chi connectivity index (χ0) is 13.1. The van der Waals surface area contributed by atoms with Gasteiger partial charge in [-0.1, -0.05) is 6.07 Å². The maximum Gasteiger partial charge on any atom is 0.253 e. The van der Waals surface area contributed by atoms with E-state index >= 15 is 0 Å². The summed E-state index contributed by atoms with van der Waals surface area (Å²) in [5.41, 5.74) is 1.12. The lowest BCUT2D eigenvalue weighted by atomic mass is 10.1. The van der Waals surface area contributed by atoms with Gasteiger partial charge in [0, 0.05) is 32.0 Å². The third-order valence-corrected chi connectivity index (χ3v) is 3.81. The van der Waals surface area contributed by atoms with E-state index in [1.165, 1.54) is 0 Å². The number of aromatic nitrogens is 1. The van der Waals surface area contributed by atoms with Crippen LogP contribution in [0.4, 0.5) is 0 Å². The first kappa shape index (κ1) is 15.2. The molecule has 1 amide bonds. The lowest BCUT2D eigenvalue weighted by molar-refractivity contribution is -0.146. The Hall–Kier alpha value is -1.17. The van der Waals surface area contributed by atoms with E-state index in [9.17, 15) is 4.79 Å². The van der Waals surface area contributed by atoms with Crippen LogP contribution >= 0.6 is 12.4 Å². The third-order valence-electron chi connectivity index (χ3n) is 3.81. The summed E-state index contributed by atoms with van der Waals surface area (Å²) < 4.78 is 5.57. The molecule has 2 atom stereocenters. The van der Waals surface area contributed by atoms with Crippen LogP contribution in [0.5, 0.6) is 0 Å². The van der Waals surface area contributed by atoms with Gasteiger partial charge in [-0.15, -0.1) is 12.4 Å². The van der Waals surface area contributed by atoms with Crippen molar-refractivity contribution in [1.29, 1.82) is 0 Å². The molecule has 2 aliphatic heterocycles. The number of rotatable bonds is 2. The first-order valence-corrected chi connectivity index (χ1v) is 6.89. The molecule has 0 saturated carbocycles. The van der Waals surface area contributed by atoms with Crippen molar-refractivity contribution in [1.82, 2.24) is 15.2 Å². The molecule has 2 unspecified atom stereocenters. The van der Waals surface area contributed by atoms with Crippen molar-refractivity contribution in [3.05, 3.63) is 30.1 Å². The molecule has 0 spiro atoms. The number of ether oxygens (including phenoxy) is 1. The molecule has 1 aromatic heterocycles. The Morgan fingerprint density at radius 2 is 2.40 bits per heavy atom. The standard InChI is InChI=1S/C14H19N3O2.ClH/c18-14(13-10-16-6-8-19-13)17-7-2-4-12(17)11-3-1-5-15-9-11;/h1,3,5,9,12-13,16H,2,4,6-8,10H2;1H. The number of morpholine rings is 1. The Bertz CT molecular complexity index is 437. The lowest BCUT2D eigenvalue weighted by Crippen LogP contribution is -2.49. The number of nitrogens with one attached hydrogen (secondary N) is 1. The number of carbonyl (C=O) groups excluding carboxylic acids is 1. The summed E-state index contributed by atoms with van der Waals surface area (Å²) in [6, 6.07) is 4.13. The van der Waals surface area contributed by atoms with E-state index in [0.29, 0.717) is 13.2 Å². The van der Waals surface area contributed by atoms with Gasteiger partial charge >= 0.3 is 0 Å². The molecule has 0 radical (unpaired) electrons. The number of pyridine rings is 1. The summed E-state index contributed by atoms with van der Waals surface area (Å²) in [5, 5.41) is 3.21. The molecule has 110 valence electrons. The second kappa shape index (κ2) is 7.02. The van der Waals surface area contributed by atoms with Crippen LogP contribution in [0.25, 0.3) is 0 Å². The van der Waals surface area contributed by atoms with Crippen molar-refractivity contribution in [3.8, 4) is 0 Å². The smallest absolute Gasteiger partial charge is 0.253 e. The first-order valence-electron chi connectivity index (χ1n) is 6.89. The van der Waals surface area contributed by atoms with Gasteiger partial charge in [0.15, 0.2) is 0 Å². The van der Waals surface area contributed by atoms with Crippen molar-refractivity contribution >= 4 is 18.3 Å². The van der Waals surface area contributed by atoms with E-state index in [0.717, 1.165) is 31.5 Å². The van der Waals surface area contributed by atoms with E-state index < -0.39 is 0 Å². The molecular weight excluding hydrogens is 278 g/mol. The van der Waals surface area contributed by atoms with Gasteiger partial charge in [0.25, 0.3) is 5.91 Å². The number of hydrogen-bond donors (Lipinski definition) is 1. The fourth-order valence-electron chi connectivity index (χ4n) is 2.86. The minimum Gasteiger partial charge on any atom is -0.366 e. The lowest BCUT2D eigenvalue weighted by Gasteiger charge is -2.31. The molecule has 5 nitrogen and oxygen atoms in total. The highest BCUT2D eigenvalue weighted by molar-refractivity contribution is 5.85. The van der Waals surface area contributed by atoms with Gasteiger partial charge < -0.3 is 15.0 Å². The summed E-state index contributed by atoms with van der Waals surface area (Å²) in [6.45, 7) is 2.88. The largest absolute Gasteiger partial charge is 0.366 e. The van der Waals surface area contributed by atoms with Gasteiger partial charge in [0.1, 0.15) is 6.10 Å². The molecule has 0 aromatic carbocycles. The maximum atomic E-state index is 12.5. The van der Waals surface area contributed by atoms with Crippen LogP contribution < -0.4 is 5.32 Å². The fourth-order valence-corrected chi connectivity index (χ4v) is 2.86. The number of amides is 1. The minimum atomic E-state index is -0.328. The van der Waals surface area contributed by atoms with Gasteiger partial charge in [0.2, 0.25) is 0 Å². The molecule has 3 heterocycles. The Balaban J connectivity index is 0.00000147. The van der Waals surface area contributed by atoms with Gasteiger partial charge in [-0.05, 0) is 24.5 Å². The zero-order valence-corrected chi connectivity index (χ0v) is 12.1. The fraction of sp³-hybridized carbons (Fsp3) is 0.571. The molecular formula is C14H20ClN3O2. The molecule has 2 saturated heterocycles. The van der Waals surface area contributed by atoms with Crippen LogP contribution in [-0.2, 0) is 9.53 Å². The summed E-state index contributed by atoms with van der Waals surface area (Å²) in [4.78, 5) is 18.6. The first-order chi connectivity index (χ1) is 9.36. The second-order valence-electron chi connectivity index (χ2n) is 5.04. The molecule has 2 fully saturated rings. The minimum absolute atomic E-state index is 0. The SMILES string of the molecule is Cl.O=C(C1CNCCO1)N1CCCC1c1cccnc1. The molecule has 3 rings (SSSR count). The van der Waals surface area contributed by atoms with E-state index in [4.69, 9.17) is 4.74 Å². The molecule has 0 bridgehead atoms. The van der Waals surface area contributed by atoms with Crippen molar-refractivity contribution in [2.24, 2.45) is 0 Å². The highest BCUT2D eigenvalue weighted by atomic mass is 35.5. The summed E-state index contributed by atoms with van der Waals surface area (Å²) in [6.07, 6.45) is 5.35. The number of carbonyl (C=O) groups is 1. The second-order valence-corrected chi connectivity index (χ2v) is 5.04. The van der Waals surface area contributed by atoms with Gasteiger partial charge in [0.05, 0.1) is 12.6 Å². The average molecular weight is 298 g/mol. The molecule has 6 heteroatoms. The highest BCUT2D eigenvalue weighted by Gasteiger charge is 2.35. The van der Waals surface area contributed by atoms with Gasteiger partial charge in [-0.25, -0.2) is 0 Å². The van der Waals surface area contributed by atoms with Crippen LogP contribution in [0.1, 0.15) is 24.4 Å². The van der Waals surface area contributed by atoms with Crippen LogP contribution in [0.3, 0.4) is 0 Å². The van der Waals surface area contributed by atoms with Crippen molar-refractivity contribution in [2.75, 3.05) is 26.2 Å². The summed E-state index contributed by atoms with van der Waals surface area (Å²) in [5.74, 6) is 0.110. The predicted octanol–water partition coefficient (Wildman–Crippen LogP) is 1.16. The van der Waals surface area contributed by atoms with Crippen LogP contribution in [0, 0.1) is 0 Å². The van der Waals surface area contributed by atoms with Crippen molar-refractivity contribution in [2.45, 2.75) is 25.0 Å². The normalized spacial score (nSPS) is 26.1. The van der Waals surface area contributed by atoms with Crippen LogP contribution in [-0.4, -0.2) is 48.1 Å². The number of halogens is 1. The average Bonchev–Trinajstić information content (AvgIpc) is 2.98. The van der Waals surface area contributed by atoms with E-state index in [-0.39, 0.29) is 30.5 Å². The van der Waals surface area contributed by atoms with Crippen molar-refractivity contribution < 1.29 is 9.53 Å². The predicted molar refractivity (Wildman–Crippen MR) is 77.8 cm³/mol. The van der Waals surface area contributed by atoms with Crippen LogP contribution in [0.15, 0.2) is 24.5 Å². The van der Waals surface area contributed by atoms with E-state index in [1.807, 2.05) is 23.2 Å². The van der Waals surface area contributed by atoms with Crippen molar-refractivity contribution in [3.63, 3.8) is 0 Å². The summed E-state index contributed by atoms with van der Waals surface area (Å²) in [7, 11) is 0. The Labute approximate surface area is 125 Å². The monoisotopic (exact) mass is 297 g/mol. The molecule has 1 aromatic rings. The topological polar surface area (TPSA) is 54.5 Å². The quantitative estimate of drug-likeness (QED) is 0.890. The third kappa shape index (κ3) is 3.11. The molecule has 2 aliphatic rings. The highest BCUT2D eigenvalue weighted by Crippen LogP contribution is 2.32. The Kier molecular flexibility index (Phi) is 5.34. The number of likely N-dealkylation sites (tertiary alicyclic amines) is 1.